The summed E-state index contributed by atoms with van der Waals surface area (Å²) in [7, 11) is 1.66. The highest BCUT2D eigenvalue weighted by Gasteiger charge is 2.31. The summed E-state index contributed by atoms with van der Waals surface area (Å²) < 4.78 is 0. The van der Waals surface area contributed by atoms with Crippen LogP contribution in [0.15, 0.2) is 59.6 Å². The van der Waals surface area contributed by atoms with E-state index >= 15 is 0 Å². The maximum Gasteiger partial charge on any atom is 0.272 e. The van der Waals surface area contributed by atoms with Crippen LogP contribution in [0.1, 0.15) is 31.4 Å². The predicted molar refractivity (Wildman–Crippen MR) is 112 cm³/mol. The molecule has 0 saturated heterocycles. The Bertz CT molecular complexity index is 956. The van der Waals surface area contributed by atoms with Gasteiger partial charge in [-0.2, -0.15) is 0 Å². The van der Waals surface area contributed by atoms with Crippen molar-refractivity contribution < 1.29 is 14.4 Å². The lowest BCUT2D eigenvalue weighted by atomic mass is 10.0. The molecule has 0 unspecified atom stereocenters. The minimum atomic E-state index is -1.10. The van der Waals surface area contributed by atoms with Gasteiger partial charge in [-0.15, -0.1) is 0 Å². The third kappa shape index (κ3) is 4.34. The van der Waals surface area contributed by atoms with E-state index in [1.807, 2.05) is 54.6 Å². The van der Waals surface area contributed by atoms with Crippen molar-refractivity contribution in [3.63, 3.8) is 0 Å². The van der Waals surface area contributed by atoms with E-state index in [0.29, 0.717) is 11.4 Å². The highest BCUT2D eigenvalue weighted by atomic mass is 16.2. The number of aliphatic imine (C=N–C) groups is 1. The van der Waals surface area contributed by atoms with Crippen molar-refractivity contribution in [3.8, 4) is 0 Å². The normalized spacial score (nSPS) is 16.9. The summed E-state index contributed by atoms with van der Waals surface area (Å²) in [5.41, 5.74) is 2.98. The van der Waals surface area contributed by atoms with Crippen molar-refractivity contribution in [2.45, 2.75) is 32.5 Å². The number of amides is 3. The lowest BCUT2D eigenvalue weighted by molar-refractivity contribution is -0.130. The largest absolute Gasteiger partial charge is 0.345 e. The summed E-state index contributed by atoms with van der Waals surface area (Å²) in [5, 5.41) is 5.27. The molecule has 2 aromatic rings. The zero-order valence-corrected chi connectivity index (χ0v) is 16.7. The molecule has 1 aliphatic rings. The number of benzene rings is 2. The van der Waals surface area contributed by atoms with Gasteiger partial charge in [0.1, 0.15) is 6.04 Å². The Morgan fingerprint density at radius 2 is 1.76 bits per heavy atom. The SMILES string of the molecule is CCC(=O)N[C@@H](C)C(=O)N[C@H]1N=C(c2ccccc2)c2ccccc2N(C)C1=O. The van der Waals surface area contributed by atoms with Gasteiger partial charge in [-0.25, -0.2) is 4.99 Å². The summed E-state index contributed by atoms with van der Waals surface area (Å²) in [6.45, 7) is 3.28. The van der Waals surface area contributed by atoms with E-state index in [-0.39, 0.29) is 18.2 Å². The van der Waals surface area contributed by atoms with Gasteiger partial charge in [0.05, 0.1) is 11.4 Å². The number of carbonyl (C=O) groups excluding carboxylic acids is 3. The lowest BCUT2D eigenvalue weighted by Gasteiger charge is -2.22. The predicted octanol–water partition coefficient (Wildman–Crippen LogP) is 1.86. The number of likely N-dealkylation sites (N-methyl/N-ethyl adjacent to an activating group) is 1. The van der Waals surface area contributed by atoms with Crippen LogP contribution in [0.25, 0.3) is 0 Å². The third-order valence-corrected chi connectivity index (χ3v) is 4.76. The van der Waals surface area contributed by atoms with E-state index in [4.69, 9.17) is 0 Å². The second-order valence-corrected chi connectivity index (χ2v) is 6.81. The number of hydrogen-bond donors (Lipinski definition) is 2. The number of hydrogen-bond acceptors (Lipinski definition) is 4. The van der Waals surface area contributed by atoms with Gasteiger partial charge in [-0.3, -0.25) is 14.4 Å². The zero-order chi connectivity index (χ0) is 21.0. The van der Waals surface area contributed by atoms with Gasteiger partial charge in [-0.1, -0.05) is 55.5 Å². The smallest absolute Gasteiger partial charge is 0.272 e. The number of rotatable bonds is 5. The second kappa shape index (κ2) is 8.68. The molecule has 2 atom stereocenters. The summed E-state index contributed by atoms with van der Waals surface area (Å²) in [5.74, 6) is -1.07. The van der Waals surface area contributed by atoms with E-state index < -0.39 is 18.1 Å². The monoisotopic (exact) mass is 392 g/mol. The Morgan fingerprint density at radius 1 is 1.10 bits per heavy atom. The molecule has 2 aromatic carbocycles. The molecule has 1 aliphatic heterocycles. The summed E-state index contributed by atoms with van der Waals surface area (Å²) in [6, 6.07) is 16.2. The molecule has 3 rings (SSSR count). The number of carbonyl (C=O) groups is 3. The Morgan fingerprint density at radius 3 is 2.45 bits per heavy atom. The fourth-order valence-electron chi connectivity index (χ4n) is 3.11. The van der Waals surface area contributed by atoms with Crippen molar-refractivity contribution in [1.82, 2.24) is 10.6 Å². The molecule has 0 radical (unpaired) electrons. The number of nitrogens with one attached hydrogen (secondary N) is 2. The first-order valence-corrected chi connectivity index (χ1v) is 9.52. The standard InChI is InChI=1S/C22H24N4O3/c1-4-18(27)23-14(2)21(28)25-20-22(29)26(3)17-13-9-8-12-16(17)19(24-20)15-10-6-5-7-11-15/h5-14,20H,4H2,1-3H3,(H,23,27)(H,25,28)/t14-,20+/m0/s1. The average Bonchev–Trinajstić information content (AvgIpc) is 2.85. The van der Waals surface area contributed by atoms with Crippen molar-refractivity contribution in [2.24, 2.45) is 4.99 Å². The molecule has 3 amide bonds. The van der Waals surface area contributed by atoms with Gasteiger partial charge < -0.3 is 15.5 Å². The number of benzodiazepines with no additional fused rings is 1. The topological polar surface area (TPSA) is 90.9 Å². The Labute approximate surface area is 169 Å². The average molecular weight is 392 g/mol. The van der Waals surface area contributed by atoms with E-state index in [1.54, 1.807) is 20.9 Å². The minimum Gasteiger partial charge on any atom is -0.345 e. The zero-order valence-electron chi connectivity index (χ0n) is 16.7. The van der Waals surface area contributed by atoms with Crippen LogP contribution in [-0.4, -0.2) is 42.7 Å². The van der Waals surface area contributed by atoms with Crippen molar-refractivity contribution in [3.05, 3.63) is 65.7 Å². The highest BCUT2D eigenvalue weighted by Crippen LogP contribution is 2.27. The van der Waals surface area contributed by atoms with Gasteiger partial charge in [0.2, 0.25) is 18.0 Å². The van der Waals surface area contributed by atoms with Crippen molar-refractivity contribution in [2.75, 3.05) is 11.9 Å². The molecule has 29 heavy (non-hydrogen) atoms. The van der Waals surface area contributed by atoms with Gasteiger partial charge in [-0.05, 0) is 13.0 Å². The van der Waals surface area contributed by atoms with E-state index in [9.17, 15) is 14.4 Å². The number of para-hydroxylation sites is 1. The van der Waals surface area contributed by atoms with Gasteiger partial charge in [0.15, 0.2) is 0 Å². The van der Waals surface area contributed by atoms with Crippen LogP contribution in [0, 0.1) is 0 Å². The molecule has 0 bridgehead atoms. The lowest BCUT2D eigenvalue weighted by Crippen LogP contribution is -2.52. The third-order valence-electron chi connectivity index (χ3n) is 4.76. The molecule has 7 nitrogen and oxygen atoms in total. The van der Waals surface area contributed by atoms with E-state index in [0.717, 1.165) is 11.1 Å². The van der Waals surface area contributed by atoms with Gasteiger partial charge >= 0.3 is 0 Å². The summed E-state index contributed by atoms with van der Waals surface area (Å²) >= 11 is 0. The Balaban J connectivity index is 1.98. The summed E-state index contributed by atoms with van der Waals surface area (Å²) in [4.78, 5) is 43.3. The maximum absolute atomic E-state index is 13.0. The molecule has 1 heterocycles. The molecular formula is C22H24N4O3. The number of nitrogens with zero attached hydrogens (tertiary/aromatic N) is 2. The molecule has 0 aromatic heterocycles. The number of anilines is 1. The van der Waals surface area contributed by atoms with Crippen LogP contribution < -0.4 is 15.5 Å². The minimum absolute atomic E-state index is 0.238. The van der Waals surface area contributed by atoms with Crippen LogP contribution in [0.3, 0.4) is 0 Å². The van der Waals surface area contributed by atoms with Crippen LogP contribution in [0.4, 0.5) is 5.69 Å². The van der Waals surface area contributed by atoms with E-state index in [2.05, 4.69) is 15.6 Å². The first-order valence-electron chi connectivity index (χ1n) is 9.52. The molecule has 0 spiro atoms. The van der Waals surface area contributed by atoms with Crippen LogP contribution in [0.5, 0.6) is 0 Å². The van der Waals surface area contributed by atoms with Crippen LogP contribution in [-0.2, 0) is 14.4 Å². The van der Waals surface area contributed by atoms with Crippen LogP contribution in [0.2, 0.25) is 0 Å². The molecule has 2 N–H and O–H groups in total. The molecular weight excluding hydrogens is 368 g/mol. The van der Waals surface area contributed by atoms with E-state index in [1.165, 1.54) is 4.90 Å². The molecule has 0 saturated carbocycles. The molecule has 7 heteroatoms. The second-order valence-electron chi connectivity index (χ2n) is 6.81. The quantitative estimate of drug-likeness (QED) is 0.814. The first-order chi connectivity index (χ1) is 13.9. The molecule has 0 fully saturated rings. The maximum atomic E-state index is 13.0. The first kappa shape index (κ1) is 20.3. The van der Waals surface area contributed by atoms with Crippen LogP contribution >= 0.6 is 0 Å². The fraction of sp³-hybridized carbons (Fsp3) is 0.273. The fourth-order valence-corrected chi connectivity index (χ4v) is 3.11. The van der Waals surface area contributed by atoms with Gasteiger partial charge in [0, 0.05) is 24.6 Å². The Hall–Kier alpha value is -3.48. The van der Waals surface area contributed by atoms with Crippen molar-refractivity contribution in [1.29, 1.82) is 0 Å². The molecule has 150 valence electrons. The highest BCUT2D eigenvalue weighted by molar-refractivity contribution is 6.20. The molecule has 0 aliphatic carbocycles. The summed E-state index contributed by atoms with van der Waals surface area (Å²) in [6.07, 6.45) is -0.829. The van der Waals surface area contributed by atoms with Crippen molar-refractivity contribution >= 4 is 29.1 Å². The number of fused-ring (bicyclic) bond motifs is 1. The Kier molecular flexibility index (Phi) is 6.07. The van der Waals surface area contributed by atoms with Gasteiger partial charge in [0.25, 0.3) is 5.91 Å².